The summed E-state index contributed by atoms with van der Waals surface area (Å²) in [6.45, 7) is 2.52. The first-order valence-corrected chi connectivity index (χ1v) is 10.4. The fraction of sp³-hybridized carbons (Fsp3) is 0.476. The second-order valence-corrected chi connectivity index (χ2v) is 7.42. The first-order valence-electron chi connectivity index (χ1n) is 10.4. The minimum Gasteiger partial charge on any atom is -0.361 e. The first-order chi connectivity index (χ1) is 14.2. The smallest absolute Gasteiger partial charge is 0.191 e. The van der Waals surface area contributed by atoms with Gasteiger partial charge < -0.3 is 20.2 Å². The second-order valence-electron chi connectivity index (χ2n) is 7.42. The van der Waals surface area contributed by atoms with Gasteiger partial charge >= 0.3 is 0 Å². The van der Waals surface area contributed by atoms with Crippen LogP contribution in [-0.4, -0.2) is 45.8 Å². The molecule has 0 saturated carbocycles. The van der Waals surface area contributed by atoms with Gasteiger partial charge in [0, 0.05) is 56.6 Å². The maximum atomic E-state index is 13.3. The Hall–Kier alpha value is -2.17. The molecule has 0 amide bonds. The Balaban J connectivity index is 0.00000256. The molecule has 0 aliphatic carbocycles. The molecule has 2 aromatic heterocycles. The van der Waals surface area contributed by atoms with E-state index in [-0.39, 0.29) is 29.8 Å². The van der Waals surface area contributed by atoms with E-state index in [0.717, 1.165) is 73.0 Å². The quantitative estimate of drug-likeness (QED) is 0.262. The van der Waals surface area contributed by atoms with Crippen molar-refractivity contribution in [2.24, 2.45) is 4.99 Å². The summed E-state index contributed by atoms with van der Waals surface area (Å²) in [6, 6.07) is 4.85. The van der Waals surface area contributed by atoms with Crippen LogP contribution in [-0.2, 0) is 25.8 Å². The van der Waals surface area contributed by atoms with Gasteiger partial charge in [-0.25, -0.2) is 4.39 Å². The van der Waals surface area contributed by atoms with Gasteiger partial charge in [-0.3, -0.25) is 4.99 Å². The summed E-state index contributed by atoms with van der Waals surface area (Å²) >= 11 is 0. The van der Waals surface area contributed by atoms with Crippen molar-refractivity contribution in [3.05, 3.63) is 47.4 Å². The highest BCUT2D eigenvalue weighted by atomic mass is 127. The number of aryl methyl sites for hydroxylation is 1. The Bertz CT molecular complexity index is 995. The lowest BCUT2D eigenvalue weighted by molar-refractivity contribution is 0.600. The normalized spacial score (nSPS) is 14.1. The third-order valence-electron chi connectivity index (χ3n) is 5.47. The van der Waals surface area contributed by atoms with E-state index < -0.39 is 0 Å². The number of H-pyrrole nitrogens is 1. The van der Waals surface area contributed by atoms with Gasteiger partial charge in [0.1, 0.15) is 17.5 Å². The molecule has 0 spiro atoms. The molecule has 4 rings (SSSR count). The number of nitrogens with zero attached hydrogens (tertiary/aromatic N) is 4. The van der Waals surface area contributed by atoms with Crippen molar-refractivity contribution >= 4 is 40.8 Å². The molecule has 0 saturated heterocycles. The highest BCUT2D eigenvalue weighted by Gasteiger charge is 2.14. The number of hydrogen-bond acceptors (Lipinski definition) is 3. The summed E-state index contributed by atoms with van der Waals surface area (Å²) in [5.74, 6) is 2.72. The van der Waals surface area contributed by atoms with Gasteiger partial charge in [-0.1, -0.05) is 6.42 Å². The van der Waals surface area contributed by atoms with Crippen molar-refractivity contribution in [3.8, 4) is 0 Å². The molecule has 9 heteroatoms. The van der Waals surface area contributed by atoms with E-state index in [2.05, 4.69) is 35.4 Å². The number of nitrogens with one attached hydrogen (secondary N) is 3. The van der Waals surface area contributed by atoms with Crippen LogP contribution < -0.4 is 10.6 Å². The third-order valence-corrected chi connectivity index (χ3v) is 5.47. The minimum absolute atomic E-state index is 0. The lowest BCUT2D eigenvalue weighted by atomic mass is 10.1. The zero-order chi connectivity index (χ0) is 20.1. The van der Waals surface area contributed by atoms with Crippen LogP contribution in [0.4, 0.5) is 4.39 Å². The summed E-state index contributed by atoms with van der Waals surface area (Å²) < 4.78 is 15.6. The SMILES string of the molecule is CN=C(NCCc1c[nH]c2cc(F)ccc12)NCCc1nnc2n1CCCCC2.I. The van der Waals surface area contributed by atoms with Gasteiger partial charge in [0.05, 0.1) is 0 Å². The van der Waals surface area contributed by atoms with Crippen molar-refractivity contribution < 1.29 is 4.39 Å². The summed E-state index contributed by atoms with van der Waals surface area (Å²) in [4.78, 5) is 7.43. The maximum Gasteiger partial charge on any atom is 0.191 e. The highest BCUT2D eigenvalue weighted by Crippen LogP contribution is 2.19. The fourth-order valence-corrected chi connectivity index (χ4v) is 3.92. The topological polar surface area (TPSA) is 82.9 Å². The molecule has 0 atom stereocenters. The predicted octanol–water partition coefficient (Wildman–Crippen LogP) is 3.19. The lowest BCUT2D eigenvalue weighted by Crippen LogP contribution is -2.39. The predicted molar refractivity (Wildman–Crippen MR) is 128 cm³/mol. The van der Waals surface area contributed by atoms with Gasteiger partial charge in [-0.15, -0.1) is 34.2 Å². The van der Waals surface area contributed by atoms with Gasteiger partial charge in [-0.05, 0) is 43.0 Å². The molecule has 7 nitrogen and oxygen atoms in total. The van der Waals surface area contributed by atoms with Crippen molar-refractivity contribution in [3.63, 3.8) is 0 Å². The van der Waals surface area contributed by atoms with Crippen LogP contribution in [0, 0.1) is 5.82 Å². The summed E-state index contributed by atoms with van der Waals surface area (Å²) in [7, 11) is 1.77. The molecule has 0 bridgehead atoms. The van der Waals surface area contributed by atoms with E-state index >= 15 is 0 Å². The van der Waals surface area contributed by atoms with E-state index in [0.29, 0.717) is 0 Å². The fourth-order valence-electron chi connectivity index (χ4n) is 3.92. The number of hydrogen-bond donors (Lipinski definition) is 3. The molecule has 30 heavy (non-hydrogen) atoms. The van der Waals surface area contributed by atoms with Crippen LogP contribution in [0.5, 0.6) is 0 Å². The van der Waals surface area contributed by atoms with Crippen LogP contribution in [0.25, 0.3) is 10.9 Å². The first kappa shape index (κ1) is 22.5. The minimum atomic E-state index is -0.224. The Kier molecular flexibility index (Phi) is 8.06. The molecule has 3 aromatic rings. The van der Waals surface area contributed by atoms with E-state index in [9.17, 15) is 4.39 Å². The van der Waals surface area contributed by atoms with Crippen LogP contribution >= 0.6 is 24.0 Å². The standard InChI is InChI=1S/C21H28FN7.HI/c1-23-21(24-10-8-15-14-26-18-13-16(22)6-7-17(15)18)25-11-9-20-28-27-19-5-3-2-4-12-29(19)20;/h6-7,13-14,26H,2-5,8-12H2,1H3,(H2,23,24,25);1H. The van der Waals surface area contributed by atoms with Crippen LogP contribution in [0.2, 0.25) is 0 Å². The second kappa shape index (κ2) is 10.7. The van der Waals surface area contributed by atoms with Gasteiger partial charge in [0.2, 0.25) is 0 Å². The number of fused-ring (bicyclic) bond motifs is 2. The molecule has 3 heterocycles. The molecule has 1 aromatic carbocycles. The average Bonchev–Trinajstić information content (AvgIpc) is 3.21. The summed E-state index contributed by atoms with van der Waals surface area (Å²) in [5.41, 5.74) is 1.99. The van der Waals surface area contributed by atoms with E-state index in [4.69, 9.17) is 0 Å². The third kappa shape index (κ3) is 5.30. The van der Waals surface area contributed by atoms with Crippen molar-refractivity contribution in [1.29, 1.82) is 0 Å². The van der Waals surface area contributed by atoms with Crippen molar-refractivity contribution in [2.75, 3.05) is 20.1 Å². The molecule has 3 N–H and O–H groups in total. The molecule has 162 valence electrons. The van der Waals surface area contributed by atoms with E-state index in [1.165, 1.54) is 31.4 Å². The summed E-state index contributed by atoms with van der Waals surface area (Å²) in [6.07, 6.45) is 8.30. The zero-order valence-electron chi connectivity index (χ0n) is 17.2. The Morgan fingerprint density at radius 3 is 2.83 bits per heavy atom. The van der Waals surface area contributed by atoms with Crippen molar-refractivity contribution in [2.45, 2.75) is 45.1 Å². The Labute approximate surface area is 193 Å². The molecule has 0 fully saturated rings. The number of aromatic nitrogens is 4. The van der Waals surface area contributed by atoms with Gasteiger partial charge in [0.15, 0.2) is 5.96 Å². The van der Waals surface area contributed by atoms with Crippen LogP contribution in [0.3, 0.4) is 0 Å². The molecular weight excluding hydrogens is 496 g/mol. The highest BCUT2D eigenvalue weighted by molar-refractivity contribution is 14.0. The number of rotatable bonds is 6. The monoisotopic (exact) mass is 525 g/mol. The average molecular weight is 525 g/mol. The van der Waals surface area contributed by atoms with E-state index in [1.54, 1.807) is 7.05 Å². The molecule has 0 radical (unpaired) electrons. The Morgan fingerprint density at radius 2 is 2.00 bits per heavy atom. The van der Waals surface area contributed by atoms with Gasteiger partial charge in [0.25, 0.3) is 0 Å². The number of aromatic amines is 1. The molecule has 1 aliphatic heterocycles. The van der Waals surface area contributed by atoms with E-state index in [1.807, 2.05) is 12.3 Å². The number of aliphatic imine (C=N–C) groups is 1. The summed E-state index contributed by atoms with van der Waals surface area (Å²) in [5, 5.41) is 16.5. The Morgan fingerprint density at radius 1 is 1.17 bits per heavy atom. The van der Waals surface area contributed by atoms with Gasteiger partial charge in [-0.2, -0.15) is 0 Å². The van der Waals surface area contributed by atoms with Crippen molar-refractivity contribution in [1.82, 2.24) is 30.4 Å². The van der Waals surface area contributed by atoms with Crippen LogP contribution in [0.1, 0.15) is 36.5 Å². The number of guanidine groups is 1. The van der Waals surface area contributed by atoms with Crippen LogP contribution in [0.15, 0.2) is 29.4 Å². The largest absolute Gasteiger partial charge is 0.361 e. The lowest BCUT2D eigenvalue weighted by Gasteiger charge is -2.12. The molecule has 1 aliphatic rings. The zero-order valence-corrected chi connectivity index (χ0v) is 19.6. The number of halogens is 2. The maximum absolute atomic E-state index is 13.3. The molecule has 0 unspecified atom stereocenters. The number of benzene rings is 1. The molecular formula is C21H29FIN7.